The van der Waals surface area contributed by atoms with Gasteiger partial charge in [-0.1, -0.05) is 12.1 Å². The molecule has 4 heteroatoms. The lowest BCUT2D eigenvalue weighted by Crippen LogP contribution is -2.26. The molecule has 0 radical (unpaired) electrons. The van der Waals surface area contributed by atoms with Gasteiger partial charge in [-0.25, -0.2) is 0 Å². The highest BCUT2D eigenvalue weighted by molar-refractivity contribution is 7.80. The van der Waals surface area contributed by atoms with Crippen molar-refractivity contribution in [2.45, 2.75) is 20.0 Å². The normalized spacial score (nSPS) is 10.9. The summed E-state index contributed by atoms with van der Waals surface area (Å²) in [4.78, 5) is 11.2. The fourth-order valence-corrected chi connectivity index (χ4v) is 2.28. The topological polar surface area (TPSA) is 29.0 Å². The zero-order valence-electron chi connectivity index (χ0n) is 11.2. The third-order valence-electron chi connectivity index (χ3n) is 2.86. The van der Waals surface area contributed by atoms with Gasteiger partial charge in [0.15, 0.2) is 0 Å². The third kappa shape index (κ3) is 4.65. The molecule has 0 atom stereocenters. The van der Waals surface area contributed by atoms with Crippen molar-refractivity contribution in [1.29, 1.82) is 0 Å². The van der Waals surface area contributed by atoms with E-state index in [1.165, 1.54) is 0 Å². The molecular weight excluding hydrogens is 254 g/mol. The zero-order chi connectivity index (χ0) is 13.5. The molecule has 2 rings (SSSR count). The average molecular weight is 273 g/mol. The van der Waals surface area contributed by atoms with Gasteiger partial charge in [-0.15, -0.1) is 0 Å². The smallest absolute Gasteiger partial charge is 0.0547 e. The van der Waals surface area contributed by atoms with Crippen LogP contribution < -0.4 is 0 Å². The van der Waals surface area contributed by atoms with E-state index in [0.717, 1.165) is 42.5 Å². The summed E-state index contributed by atoms with van der Waals surface area (Å²) in [6.45, 7) is 4.61. The van der Waals surface area contributed by atoms with Crippen LogP contribution in [0.3, 0.4) is 0 Å². The molecule has 0 fully saturated rings. The Morgan fingerprint density at radius 1 is 1.05 bits per heavy atom. The Morgan fingerprint density at radius 3 is 2.53 bits per heavy atom. The highest BCUT2D eigenvalue weighted by Gasteiger charge is 2.08. The lowest BCUT2D eigenvalue weighted by atomic mass is 10.2. The van der Waals surface area contributed by atoms with Crippen molar-refractivity contribution in [2.24, 2.45) is 0 Å². The molecule has 0 aliphatic rings. The number of hydrogen-bond acceptors (Lipinski definition) is 4. The summed E-state index contributed by atoms with van der Waals surface area (Å²) in [7, 11) is 0. The van der Waals surface area contributed by atoms with Gasteiger partial charge in [-0.05, 0) is 31.2 Å². The van der Waals surface area contributed by atoms with E-state index in [1.807, 2.05) is 31.3 Å². The van der Waals surface area contributed by atoms with E-state index in [4.69, 9.17) is 0 Å². The first-order chi connectivity index (χ1) is 9.28. The average Bonchev–Trinajstić information content (AvgIpc) is 2.40. The SMILES string of the molecule is Cc1cccc(CN(CCS)Cc2ccccn2)n1. The Balaban J connectivity index is 2.04. The Kier molecular flexibility index (Phi) is 5.36. The summed E-state index contributed by atoms with van der Waals surface area (Å²) in [5, 5.41) is 0. The van der Waals surface area contributed by atoms with Crippen molar-refractivity contribution < 1.29 is 0 Å². The molecule has 0 saturated heterocycles. The van der Waals surface area contributed by atoms with Gasteiger partial charge in [0.2, 0.25) is 0 Å². The number of nitrogens with zero attached hydrogens (tertiary/aromatic N) is 3. The Hall–Kier alpha value is -1.39. The van der Waals surface area contributed by atoms with Crippen molar-refractivity contribution in [3.8, 4) is 0 Å². The van der Waals surface area contributed by atoms with Crippen molar-refractivity contribution in [3.05, 3.63) is 59.7 Å². The first-order valence-corrected chi connectivity index (χ1v) is 7.07. The summed E-state index contributed by atoms with van der Waals surface area (Å²) in [5.41, 5.74) is 3.23. The van der Waals surface area contributed by atoms with Crippen molar-refractivity contribution in [2.75, 3.05) is 12.3 Å². The van der Waals surface area contributed by atoms with Gasteiger partial charge in [0.1, 0.15) is 0 Å². The maximum atomic E-state index is 4.55. The maximum absolute atomic E-state index is 4.55. The monoisotopic (exact) mass is 273 g/mol. The summed E-state index contributed by atoms with van der Waals surface area (Å²) >= 11 is 4.33. The number of pyridine rings is 2. The van der Waals surface area contributed by atoms with Gasteiger partial charge in [0.05, 0.1) is 11.4 Å². The van der Waals surface area contributed by atoms with Gasteiger partial charge < -0.3 is 0 Å². The molecule has 0 aliphatic carbocycles. The second-order valence-corrected chi connectivity index (χ2v) is 4.97. The van der Waals surface area contributed by atoms with E-state index in [1.54, 1.807) is 0 Å². The summed E-state index contributed by atoms with van der Waals surface area (Å²) < 4.78 is 0. The Labute approximate surface area is 120 Å². The molecule has 100 valence electrons. The predicted octanol–water partition coefficient (Wildman–Crippen LogP) is 2.72. The number of thiol groups is 1. The molecule has 2 aromatic heterocycles. The van der Waals surface area contributed by atoms with E-state index in [0.29, 0.717) is 0 Å². The van der Waals surface area contributed by atoms with Crippen LogP contribution in [0.25, 0.3) is 0 Å². The maximum Gasteiger partial charge on any atom is 0.0547 e. The van der Waals surface area contributed by atoms with E-state index in [9.17, 15) is 0 Å². The first-order valence-electron chi connectivity index (χ1n) is 6.43. The van der Waals surface area contributed by atoms with Gasteiger partial charge in [0, 0.05) is 37.3 Å². The summed E-state index contributed by atoms with van der Waals surface area (Å²) in [5.74, 6) is 0.832. The predicted molar refractivity (Wildman–Crippen MR) is 81.2 cm³/mol. The molecule has 0 saturated carbocycles. The molecule has 0 bridgehead atoms. The molecule has 0 amide bonds. The number of aromatic nitrogens is 2. The van der Waals surface area contributed by atoms with E-state index >= 15 is 0 Å². The Bertz CT molecular complexity index is 502. The number of hydrogen-bond donors (Lipinski definition) is 1. The van der Waals surface area contributed by atoms with E-state index in [2.05, 4.69) is 45.7 Å². The third-order valence-corrected chi connectivity index (χ3v) is 3.06. The molecule has 3 nitrogen and oxygen atoms in total. The molecule has 19 heavy (non-hydrogen) atoms. The van der Waals surface area contributed by atoms with E-state index < -0.39 is 0 Å². The second kappa shape index (κ2) is 7.26. The van der Waals surface area contributed by atoms with Crippen LogP contribution in [0.1, 0.15) is 17.1 Å². The Morgan fingerprint density at radius 2 is 1.84 bits per heavy atom. The van der Waals surface area contributed by atoms with Crippen LogP contribution in [0.4, 0.5) is 0 Å². The fraction of sp³-hybridized carbons (Fsp3) is 0.333. The van der Waals surface area contributed by atoms with Gasteiger partial charge in [0.25, 0.3) is 0 Å². The van der Waals surface area contributed by atoms with Gasteiger partial charge in [-0.3, -0.25) is 14.9 Å². The largest absolute Gasteiger partial charge is 0.291 e. The summed E-state index contributed by atoms with van der Waals surface area (Å²) in [6.07, 6.45) is 1.83. The standard InChI is InChI=1S/C15H19N3S/c1-13-5-4-7-15(17-13)12-18(9-10-19)11-14-6-2-3-8-16-14/h2-8,19H,9-12H2,1H3. The molecular formula is C15H19N3S. The minimum absolute atomic E-state index is 0.830. The van der Waals surface area contributed by atoms with Crippen LogP contribution in [0.2, 0.25) is 0 Å². The molecule has 0 spiro atoms. The van der Waals surface area contributed by atoms with Crippen LogP contribution >= 0.6 is 12.6 Å². The highest BCUT2D eigenvalue weighted by Crippen LogP contribution is 2.07. The molecule has 2 heterocycles. The number of rotatable bonds is 6. The zero-order valence-corrected chi connectivity index (χ0v) is 12.1. The lowest BCUT2D eigenvalue weighted by molar-refractivity contribution is 0.267. The van der Waals surface area contributed by atoms with Crippen LogP contribution in [0.15, 0.2) is 42.6 Å². The van der Waals surface area contributed by atoms with Gasteiger partial charge in [-0.2, -0.15) is 12.6 Å². The minimum Gasteiger partial charge on any atom is -0.291 e. The van der Waals surface area contributed by atoms with Crippen molar-refractivity contribution >= 4 is 12.6 Å². The van der Waals surface area contributed by atoms with Crippen molar-refractivity contribution in [1.82, 2.24) is 14.9 Å². The first kappa shape index (κ1) is 14.0. The number of aryl methyl sites for hydroxylation is 1. The minimum atomic E-state index is 0.830. The van der Waals surface area contributed by atoms with E-state index in [-0.39, 0.29) is 0 Å². The van der Waals surface area contributed by atoms with Crippen LogP contribution in [0, 0.1) is 6.92 Å². The lowest BCUT2D eigenvalue weighted by Gasteiger charge is -2.20. The molecule has 0 unspecified atom stereocenters. The molecule has 0 aromatic carbocycles. The quantitative estimate of drug-likeness (QED) is 0.821. The van der Waals surface area contributed by atoms with Gasteiger partial charge >= 0.3 is 0 Å². The van der Waals surface area contributed by atoms with Crippen LogP contribution in [-0.4, -0.2) is 27.2 Å². The van der Waals surface area contributed by atoms with Crippen LogP contribution in [0.5, 0.6) is 0 Å². The van der Waals surface area contributed by atoms with Crippen molar-refractivity contribution in [3.63, 3.8) is 0 Å². The summed E-state index contributed by atoms with van der Waals surface area (Å²) in [6, 6.07) is 12.1. The van der Waals surface area contributed by atoms with Crippen LogP contribution in [-0.2, 0) is 13.1 Å². The second-order valence-electron chi connectivity index (χ2n) is 4.53. The molecule has 2 aromatic rings. The fourth-order valence-electron chi connectivity index (χ4n) is 1.99. The highest BCUT2D eigenvalue weighted by atomic mass is 32.1. The molecule has 0 N–H and O–H groups in total. The molecule has 0 aliphatic heterocycles.